The second-order valence-electron chi connectivity index (χ2n) is 4.85. The average Bonchev–Trinajstić information content (AvgIpc) is 2.56. The van der Waals surface area contributed by atoms with Crippen LogP contribution in [-0.2, 0) is 0 Å². The number of phenolic OH excluding ortho intramolecular Hbond substituents is 1. The standard InChI is InChI=1S/C18H14N2O2/c21-12-17-8-7-16(11-19-17)20-15-5-1-3-13(9-15)14-4-2-6-18(22)10-14/h1-12,20,22H. The van der Waals surface area contributed by atoms with Crippen LogP contribution in [0.15, 0.2) is 66.9 Å². The number of nitrogens with one attached hydrogen (secondary N) is 1. The number of aromatic nitrogens is 1. The summed E-state index contributed by atoms with van der Waals surface area (Å²) in [5.41, 5.74) is 4.05. The molecule has 0 bridgehead atoms. The van der Waals surface area contributed by atoms with Gasteiger partial charge in [-0.15, -0.1) is 0 Å². The highest BCUT2D eigenvalue weighted by Crippen LogP contribution is 2.26. The van der Waals surface area contributed by atoms with Gasteiger partial charge in [-0.1, -0.05) is 24.3 Å². The number of phenols is 1. The van der Waals surface area contributed by atoms with Crippen molar-refractivity contribution in [2.75, 3.05) is 5.32 Å². The summed E-state index contributed by atoms with van der Waals surface area (Å²) >= 11 is 0. The summed E-state index contributed by atoms with van der Waals surface area (Å²) in [4.78, 5) is 14.6. The van der Waals surface area contributed by atoms with Crippen LogP contribution >= 0.6 is 0 Å². The van der Waals surface area contributed by atoms with Crippen LogP contribution in [0.5, 0.6) is 5.75 Å². The van der Waals surface area contributed by atoms with E-state index < -0.39 is 0 Å². The molecule has 2 aromatic carbocycles. The molecule has 1 aromatic heterocycles. The predicted octanol–water partition coefficient (Wildman–Crippen LogP) is 4.01. The van der Waals surface area contributed by atoms with Gasteiger partial charge < -0.3 is 10.4 Å². The lowest BCUT2D eigenvalue weighted by Crippen LogP contribution is -1.93. The molecule has 3 rings (SSSR count). The highest BCUT2D eigenvalue weighted by Gasteiger charge is 2.01. The molecule has 0 aliphatic carbocycles. The number of hydrogen-bond acceptors (Lipinski definition) is 4. The summed E-state index contributed by atoms with van der Waals surface area (Å²) in [5.74, 6) is 0.240. The fourth-order valence-electron chi connectivity index (χ4n) is 2.18. The molecule has 108 valence electrons. The van der Waals surface area contributed by atoms with Gasteiger partial charge in [0, 0.05) is 5.69 Å². The summed E-state index contributed by atoms with van der Waals surface area (Å²) in [6.45, 7) is 0. The molecule has 0 unspecified atom stereocenters. The van der Waals surface area contributed by atoms with E-state index in [1.54, 1.807) is 30.5 Å². The highest BCUT2D eigenvalue weighted by atomic mass is 16.3. The molecular weight excluding hydrogens is 276 g/mol. The Balaban J connectivity index is 1.85. The number of aromatic hydroxyl groups is 1. The van der Waals surface area contributed by atoms with Gasteiger partial charge in [-0.05, 0) is 47.5 Å². The van der Waals surface area contributed by atoms with Crippen LogP contribution in [0.3, 0.4) is 0 Å². The van der Waals surface area contributed by atoms with Crippen molar-refractivity contribution < 1.29 is 9.90 Å². The zero-order valence-corrected chi connectivity index (χ0v) is 11.7. The lowest BCUT2D eigenvalue weighted by molar-refractivity contribution is 0.111. The molecule has 0 saturated carbocycles. The summed E-state index contributed by atoms with van der Waals surface area (Å²) < 4.78 is 0. The van der Waals surface area contributed by atoms with Crippen LogP contribution in [0.25, 0.3) is 11.1 Å². The molecule has 0 aliphatic heterocycles. The lowest BCUT2D eigenvalue weighted by atomic mass is 10.0. The largest absolute Gasteiger partial charge is 0.508 e. The van der Waals surface area contributed by atoms with Gasteiger partial charge >= 0.3 is 0 Å². The highest BCUT2D eigenvalue weighted by molar-refractivity contribution is 5.74. The molecule has 1 heterocycles. The molecule has 22 heavy (non-hydrogen) atoms. The monoisotopic (exact) mass is 290 g/mol. The summed E-state index contributed by atoms with van der Waals surface area (Å²) in [7, 11) is 0. The SMILES string of the molecule is O=Cc1ccc(Nc2cccc(-c3cccc(O)c3)c2)cn1. The minimum atomic E-state index is 0.240. The van der Waals surface area contributed by atoms with E-state index in [1.165, 1.54) is 0 Å². The molecule has 3 aromatic rings. The first-order valence-corrected chi connectivity index (χ1v) is 6.82. The quantitative estimate of drug-likeness (QED) is 0.713. The van der Waals surface area contributed by atoms with E-state index >= 15 is 0 Å². The normalized spacial score (nSPS) is 10.2. The first-order chi connectivity index (χ1) is 10.7. The van der Waals surface area contributed by atoms with E-state index in [1.807, 2.05) is 36.4 Å². The van der Waals surface area contributed by atoms with Crippen LogP contribution in [0.4, 0.5) is 11.4 Å². The molecule has 0 radical (unpaired) electrons. The van der Waals surface area contributed by atoms with Gasteiger partial charge in [0.05, 0.1) is 11.9 Å². The fourth-order valence-corrected chi connectivity index (χ4v) is 2.18. The van der Waals surface area contributed by atoms with E-state index in [-0.39, 0.29) is 5.75 Å². The number of benzene rings is 2. The van der Waals surface area contributed by atoms with Gasteiger partial charge in [0.15, 0.2) is 6.29 Å². The zero-order chi connectivity index (χ0) is 15.4. The number of rotatable bonds is 4. The van der Waals surface area contributed by atoms with Crippen LogP contribution in [0.1, 0.15) is 10.5 Å². The van der Waals surface area contributed by atoms with Crippen molar-refractivity contribution in [3.8, 4) is 16.9 Å². The maximum Gasteiger partial charge on any atom is 0.168 e. The first-order valence-electron chi connectivity index (χ1n) is 6.82. The first kappa shape index (κ1) is 13.8. The summed E-state index contributed by atoms with van der Waals surface area (Å²) in [6.07, 6.45) is 2.33. The van der Waals surface area contributed by atoms with Crippen LogP contribution in [0.2, 0.25) is 0 Å². The third-order valence-corrected chi connectivity index (χ3v) is 3.24. The van der Waals surface area contributed by atoms with E-state index in [9.17, 15) is 9.90 Å². The van der Waals surface area contributed by atoms with Crippen molar-refractivity contribution in [3.05, 3.63) is 72.6 Å². The zero-order valence-electron chi connectivity index (χ0n) is 11.7. The Morgan fingerprint density at radius 3 is 2.36 bits per heavy atom. The third kappa shape index (κ3) is 3.12. The number of aldehydes is 1. The third-order valence-electron chi connectivity index (χ3n) is 3.24. The van der Waals surface area contributed by atoms with E-state index in [2.05, 4.69) is 10.3 Å². The van der Waals surface area contributed by atoms with Crippen molar-refractivity contribution in [1.29, 1.82) is 0 Å². The Labute approximate surface area is 128 Å². The van der Waals surface area contributed by atoms with Crippen molar-refractivity contribution in [1.82, 2.24) is 4.98 Å². The fraction of sp³-hybridized carbons (Fsp3) is 0. The van der Waals surface area contributed by atoms with Crippen LogP contribution in [0, 0.1) is 0 Å². The number of carbonyl (C=O) groups is 1. The molecule has 4 heteroatoms. The molecule has 0 aliphatic rings. The van der Waals surface area contributed by atoms with Crippen molar-refractivity contribution in [2.45, 2.75) is 0 Å². The number of nitrogens with zero attached hydrogens (tertiary/aromatic N) is 1. The van der Waals surface area contributed by atoms with Gasteiger partial charge in [-0.2, -0.15) is 0 Å². The van der Waals surface area contributed by atoms with Crippen molar-refractivity contribution in [3.63, 3.8) is 0 Å². The van der Waals surface area contributed by atoms with Gasteiger partial charge in [0.1, 0.15) is 11.4 Å². The minimum Gasteiger partial charge on any atom is -0.508 e. The number of anilines is 2. The predicted molar refractivity (Wildman–Crippen MR) is 86.5 cm³/mol. The smallest absolute Gasteiger partial charge is 0.168 e. The summed E-state index contributed by atoms with van der Waals surface area (Å²) in [5, 5.41) is 12.8. The van der Waals surface area contributed by atoms with Crippen molar-refractivity contribution in [2.24, 2.45) is 0 Å². The van der Waals surface area contributed by atoms with Crippen molar-refractivity contribution >= 4 is 17.7 Å². The van der Waals surface area contributed by atoms with Gasteiger partial charge in [-0.25, -0.2) is 0 Å². The maximum absolute atomic E-state index is 10.6. The molecule has 0 fully saturated rings. The molecule has 0 spiro atoms. The molecule has 0 atom stereocenters. The van der Waals surface area contributed by atoms with E-state index in [0.29, 0.717) is 12.0 Å². The van der Waals surface area contributed by atoms with E-state index in [4.69, 9.17) is 0 Å². The Morgan fingerprint density at radius 2 is 1.68 bits per heavy atom. The maximum atomic E-state index is 10.6. The Morgan fingerprint density at radius 1 is 0.909 bits per heavy atom. The Hall–Kier alpha value is -3.14. The second kappa shape index (κ2) is 6.10. The number of pyridine rings is 1. The molecular formula is C18H14N2O2. The van der Waals surface area contributed by atoms with Gasteiger partial charge in [0.25, 0.3) is 0 Å². The van der Waals surface area contributed by atoms with E-state index in [0.717, 1.165) is 22.5 Å². The minimum absolute atomic E-state index is 0.240. The van der Waals surface area contributed by atoms with Crippen LogP contribution < -0.4 is 5.32 Å². The molecule has 4 nitrogen and oxygen atoms in total. The molecule has 0 saturated heterocycles. The number of hydrogen-bond donors (Lipinski definition) is 2. The van der Waals surface area contributed by atoms with Gasteiger partial charge in [-0.3, -0.25) is 9.78 Å². The Kier molecular flexibility index (Phi) is 3.83. The van der Waals surface area contributed by atoms with Gasteiger partial charge in [0.2, 0.25) is 0 Å². The lowest BCUT2D eigenvalue weighted by Gasteiger charge is -2.09. The average molecular weight is 290 g/mol. The molecule has 2 N–H and O–H groups in total. The Bertz CT molecular complexity index is 798. The molecule has 0 amide bonds. The summed E-state index contributed by atoms with van der Waals surface area (Å²) in [6, 6.07) is 18.4. The second-order valence-corrected chi connectivity index (χ2v) is 4.85. The van der Waals surface area contributed by atoms with Crippen LogP contribution in [-0.4, -0.2) is 16.4 Å². The topological polar surface area (TPSA) is 62.2 Å². The number of carbonyl (C=O) groups excluding carboxylic acids is 1.